The van der Waals surface area contributed by atoms with E-state index in [0.29, 0.717) is 0 Å². The minimum atomic E-state index is 0.750. The van der Waals surface area contributed by atoms with E-state index in [1.807, 2.05) is 13.8 Å². The van der Waals surface area contributed by atoms with Gasteiger partial charge < -0.3 is 4.90 Å². The third-order valence-corrected chi connectivity index (χ3v) is 1.79. The zero-order chi connectivity index (χ0) is 7.98. The zero-order valence-electron chi connectivity index (χ0n) is 7.59. The average molecular weight is 141 g/mol. The fourth-order valence-electron chi connectivity index (χ4n) is 0.929. The van der Waals surface area contributed by atoms with Crippen LogP contribution in [0.5, 0.6) is 0 Å². The van der Waals surface area contributed by atoms with Crippen molar-refractivity contribution in [2.45, 2.75) is 39.7 Å². The summed E-state index contributed by atoms with van der Waals surface area (Å²) in [7, 11) is 2.13. The van der Waals surface area contributed by atoms with Crippen LogP contribution in [0.2, 0.25) is 0 Å². The lowest BCUT2D eigenvalue weighted by molar-refractivity contribution is 0.319. The Balaban J connectivity index is 0.000000371. The lowest BCUT2D eigenvalue weighted by Crippen LogP contribution is -2.25. The second-order valence-corrected chi connectivity index (χ2v) is 2.48. The van der Waals surface area contributed by atoms with Crippen LogP contribution >= 0.6 is 0 Å². The quantitative estimate of drug-likeness (QED) is 0.501. The first-order chi connectivity index (χ1) is 4.80. The maximum Gasteiger partial charge on any atom is 0.0255 e. The molecule has 0 fully saturated rings. The third-order valence-electron chi connectivity index (χ3n) is 1.79. The molecule has 0 saturated heterocycles. The van der Waals surface area contributed by atoms with Gasteiger partial charge in [0.2, 0.25) is 0 Å². The van der Waals surface area contributed by atoms with E-state index in [2.05, 4.69) is 31.1 Å². The van der Waals surface area contributed by atoms with Crippen LogP contribution < -0.4 is 0 Å². The SMILES string of the molecule is CC.C[C@H]1CCC=CN1C. The number of hydrogen-bond donors (Lipinski definition) is 0. The summed E-state index contributed by atoms with van der Waals surface area (Å²) in [4.78, 5) is 2.25. The van der Waals surface area contributed by atoms with E-state index in [4.69, 9.17) is 0 Å². The van der Waals surface area contributed by atoms with Crippen LogP contribution in [0.25, 0.3) is 0 Å². The van der Waals surface area contributed by atoms with Crippen molar-refractivity contribution in [2.75, 3.05) is 7.05 Å². The molecule has 0 N–H and O–H groups in total. The number of rotatable bonds is 0. The van der Waals surface area contributed by atoms with Gasteiger partial charge in [0.1, 0.15) is 0 Å². The molecule has 0 bridgehead atoms. The molecule has 1 atom stereocenters. The van der Waals surface area contributed by atoms with Gasteiger partial charge in [0.25, 0.3) is 0 Å². The normalized spacial score (nSPS) is 23.6. The van der Waals surface area contributed by atoms with E-state index >= 15 is 0 Å². The minimum Gasteiger partial charge on any atom is -0.378 e. The molecule has 0 amide bonds. The molecule has 0 aromatic heterocycles. The summed E-state index contributed by atoms with van der Waals surface area (Å²) in [5.74, 6) is 0. The molecule has 0 spiro atoms. The van der Waals surface area contributed by atoms with Gasteiger partial charge in [0, 0.05) is 13.1 Å². The van der Waals surface area contributed by atoms with Crippen LogP contribution in [0.1, 0.15) is 33.6 Å². The molecule has 1 aliphatic rings. The predicted molar refractivity (Wildman–Crippen MR) is 46.9 cm³/mol. The van der Waals surface area contributed by atoms with E-state index in [1.165, 1.54) is 12.8 Å². The largest absolute Gasteiger partial charge is 0.378 e. The standard InChI is InChI=1S/C7H13N.C2H6/c1-7-5-3-4-6-8(7)2;1-2/h4,6-7H,3,5H2,1-2H3;1-2H3/t7-;/m0./s1. The summed E-state index contributed by atoms with van der Waals surface area (Å²) in [6.07, 6.45) is 6.95. The first-order valence-electron chi connectivity index (χ1n) is 4.19. The van der Waals surface area contributed by atoms with Gasteiger partial charge in [-0.1, -0.05) is 19.9 Å². The Morgan fingerprint density at radius 3 is 2.30 bits per heavy atom. The molecule has 0 aliphatic carbocycles. The number of nitrogens with zero attached hydrogens (tertiary/aromatic N) is 1. The van der Waals surface area contributed by atoms with E-state index in [1.54, 1.807) is 0 Å². The summed E-state index contributed by atoms with van der Waals surface area (Å²) in [5, 5.41) is 0. The summed E-state index contributed by atoms with van der Waals surface area (Å²) in [6, 6.07) is 0.750. The van der Waals surface area contributed by atoms with Gasteiger partial charge in [-0.15, -0.1) is 0 Å². The van der Waals surface area contributed by atoms with Gasteiger partial charge in [-0.2, -0.15) is 0 Å². The maximum absolute atomic E-state index is 2.25. The van der Waals surface area contributed by atoms with Gasteiger partial charge in [-0.25, -0.2) is 0 Å². The Labute approximate surface area is 64.7 Å². The molecule has 0 aromatic rings. The lowest BCUT2D eigenvalue weighted by atomic mass is 10.1. The molecule has 0 radical (unpaired) electrons. The highest BCUT2D eigenvalue weighted by Crippen LogP contribution is 2.10. The van der Waals surface area contributed by atoms with Crippen LogP contribution in [0, 0.1) is 0 Å². The third kappa shape index (κ3) is 2.90. The molecule has 60 valence electrons. The monoisotopic (exact) mass is 141 g/mol. The van der Waals surface area contributed by atoms with Crippen molar-refractivity contribution in [3.63, 3.8) is 0 Å². The zero-order valence-corrected chi connectivity index (χ0v) is 7.59. The van der Waals surface area contributed by atoms with E-state index in [9.17, 15) is 0 Å². The molecule has 0 unspecified atom stereocenters. The summed E-state index contributed by atoms with van der Waals surface area (Å²) >= 11 is 0. The Kier molecular flexibility index (Phi) is 5.09. The highest BCUT2D eigenvalue weighted by atomic mass is 15.1. The highest BCUT2D eigenvalue weighted by molar-refractivity contribution is 4.89. The molecule has 1 aliphatic heterocycles. The van der Waals surface area contributed by atoms with Crippen molar-refractivity contribution in [1.82, 2.24) is 4.90 Å². The van der Waals surface area contributed by atoms with Crippen LogP contribution in [0.15, 0.2) is 12.3 Å². The van der Waals surface area contributed by atoms with Crippen molar-refractivity contribution in [2.24, 2.45) is 0 Å². The Morgan fingerprint density at radius 2 is 2.00 bits per heavy atom. The molecular formula is C9H19N. The first kappa shape index (κ1) is 9.54. The van der Waals surface area contributed by atoms with Gasteiger partial charge in [-0.05, 0) is 26.0 Å². The van der Waals surface area contributed by atoms with Gasteiger partial charge in [0.05, 0.1) is 0 Å². The fraction of sp³-hybridized carbons (Fsp3) is 0.778. The van der Waals surface area contributed by atoms with Crippen LogP contribution in [0.3, 0.4) is 0 Å². The lowest BCUT2D eigenvalue weighted by Gasteiger charge is -2.25. The number of allylic oxidation sites excluding steroid dienone is 1. The van der Waals surface area contributed by atoms with Crippen molar-refractivity contribution >= 4 is 0 Å². The summed E-state index contributed by atoms with van der Waals surface area (Å²) in [6.45, 7) is 6.25. The van der Waals surface area contributed by atoms with E-state index in [-0.39, 0.29) is 0 Å². The van der Waals surface area contributed by atoms with Crippen LogP contribution in [-0.4, -0.2) is 18.0 Å². The molecule has 1 rings (SSSR count). The van der Waals surface area contributed by atoms with Gasteiger partial charge in [-0.3, -0.25) is 0 Å². The Bertz CT molecular complexity index is 96.9. The Hall–Kier alpha value is -0.460. The average Bonchev–Trinajstić information content (AvgIpc) is 2.00. The van der Waals surface area contributed by atoms with Crippen LogP contribution in [-0.2, 0) is 0 Å². The minimum absolute atomic E-state index is 0.750. The molecule has 10 heavy (non-hydrogen) atoms. The van der Waals surface area contributed by atoms with Crippen LogP contribution in [0.4, 0.5) is 0 Å². The molecular weight excluding hydrogens is 122 g/mol. The first-order valence-corrected chi connectivity index (χ1v) is 4.19. The van der Waals surface area contributed by atoms with Gasteiger partial charge >= 0.3 is 0 Å². The smallest absolute Gasteiger partial charge is 0.0255 e. The predicted octanol–water partition coefficient (Wildman–Crippen LogP) is 2.64. The van der Waals surface area contributed by atoms with Crippen molar-refractivity contribution in [3.8, 4) is 0 Å². The molecule has 1 heteroatoms. The maximum atomic E-state index is 2.25. The summed E-state index contributed by atoms with van der Waals surface area (Å²) < 4.78 is 0. The van der Waals surface area contributed by atoms with Crippen molar-refractivity contribution < 1.29 is 0 Å². The molecule has 0 aromatic carbocycles. The topological polar surface area (TPSA) is 3.24 Å². The summed E-state index contributed by atoms with van der Waals surface area (Å²) in [5.41, 5.74) is 0. The molecule has 0 saturated carbocycles. The fourth-order valence-corrected chi connectivity index (χ4v) is 0.929. The highest BCUT2D eigenvalue weighted by Gasteiger charge is 2.06. The van der Waals surface area contributed by atoms with Crippen molar-refractivity contribution in [1.29, 1.82) is 0 Å². The van der Waals surface area contributed by atoms with Crippen molar-refractivity contribution in [3.05, 3.63) is 12.3 Å². The van der Waals surface area contributed by atoms with E-state index in [0.717, 1.165) is 6.04 Å². The van der Waals surface area contributed by atoms with Gasteiger partial charge in [0.15, 0.2) is 0 Å². The Morgan fingerprint density at radius 1 is 1.40 bits per heavy atom. The molecule has 1 nitrogen and oxygen atoms in total. The molecule has 1 heterocycles. The second-order valence-electron chi connectivity index (χ2n) is 2.48. The number of hydrogen-bond acceptors (Lipinski definition) is 1. The van der Waals surface area contributed by atoms with E-state index < -0.39 is 0 Å². The second kappa shape index (κ2) is 5.33.